The van der Waals surface area contributed by atoms with Gasteiger partial charge in [-0.3, -0.25) is 9.80 Å². The molecule has 2 aliphatic heterocycles. The monoisotopic (exact) mass is 426 g/mol. The summed E-state index contributed by atoms with van der Waals surface area (Å²) in [6.07, 6.45) is 4.49. The molecule has 0 spiro atoms. The molecule has 1 saturated heterocycles. The minimum atomic E-state index is 0.181. The van der Waals surface area contributed by atoms with Gasteiger partial charge in [-0.15, -0.1) is 0 Å². The van der Waals surface area contributed by atoms with Gasteiger partial charge < -0.3 is 9.47 Å². The molecule has 0 aliphatic carbocycles. The molecule has 3 aromatic carbocycles. The second kappa shape index (κ2) is 9.60. The van der Waals surface area contributed by atoms with E-state index in [1.165, 1.54) is 22.3 Å². The van der Waals surface area contributed by atoms with Gasteiger partial charge in [-0.1, -0.05) is 66.7 Å². The summed E-state index contributed by atoms with van der Waals surface area (Å²) in [6, 6.07) is 25.6. The van der Waals surface area contributed by atoms with Crippen molar-refractivity contribution in [2.45, 2.75) is 12.6 Å². The molecule has 0 N–H and O–H groups in total. The quantitative estimate of drug-likeness (QED) is 0.573. The maximum atomic E-state index is 6.21. The lowest BCUT2D eigenvalue weighted by molar-refractivity contribution is 0.117. The maximum absolute atomic E-state index is 6.21. The summed E-state index contributed by atoms with van der Waals surface area (Å²) in [5.74, 6) is 1.83. The number of piperazine rings is 1. The molecule has 5 rings (SSSR count). The third kappa shape index (κ3) is 4.43. The predicted octanol–water partition coefficient (Wildman–Crippen LogP) is 5.01. The summed E-state index contributed by atoms with van der Waals surface area (Å²) in [5.41, 5.74) is 5.07. The number of fused-ring (bicyclic) bond motifs is 2. The summed E-state index contributed by atoms with van der Waals surface area (Å²) in [5, 5.41) is 0. The lowest BCUT2D eigenvalue weighted by Gasteiger charge is -2.39. The molecule has 0 aromatic heterocycles. The topological polar surface area (TPSA) is 24.9 Å². The molecule has 1 unspecified atom stereocenters. The molecule has 3 aromatic rings. The van der Waals surface area contributed by atoms with Gasteiger partial charge in [-0.2, -0.15) is 0 Å². The average Bonchev–Trinajstić information content (AvgIpc) is 3.01. The highest BCUT2D eigenvalue weighted by Gasteiger charge is 2.32. The normalized spacial score (nSPS) is 19.1. The Balaban J connectivity index is 1.34. The van der Waals surface area contributed by atoms with Crippen LogP contribution in [0.25, 0.3) is 6.08 Å². The van der Waals surface area contributed by atoms with Gasteiger partial charge in [0.15, 0.2) is 0 Å². The van der Waals surface area contributed by atoms with Crippen LogP contribution in [0, 0.1) is 0 Å². The van der Waals surface area contributed by atoms with Crippen molar-refractivity contribution in [3.05, 3.63) is 101 Å². The van der Waals surface area contributed by atoms with Crippen molar-refractivity contribution in [2.75, 3.05) is 39.8 Å². The predicted molar refractivity (Wildman–Crippen MR) is 129 cm³/mol. The van der Waals surface area contributed by atoms with Crippen LogP contribution in [-0.2, 0) is 6.61 Å². The van der Waals surface area contributed by atoms with Crippen LogP contribution in [0.3, 0.4) is 0 Å². The third-order valence-corrected chi connectivity index (χ3v) is 6.49. The van der Waals surface area contributed by atoms with E-state index in [4.69, 9.17) is 9.47 Å². The first-order valence-corrected chi connectivity index (χ1v) is 11.4. The molecule has 32 heavy (non-hydrogen) atoms. The van der Waals surface area contributed by atoms with Gasteiger partial charge in [0, 0.05) is 38.3 Å². The number of rotatable bonds is 5. The number of hydrogen-bond donors (Lipinski definition) is 0. The highest BCUT2D eigenvalue weighted by Crippen LogP contribution is 2.41. The Morgan fingerprint density at radius 2 is 1.69 bits per heavy atom. The number of hydrogen-bond acceptors (Lipinski definition) is 4. The van der Waals surface area contributed by atoms with Crippen LogP contribution in [0.4, 0.5) is 0 Å². The number of nitrogens with zero attached hydrogens (tertiary/aromatic N) is 2. The Kier molecular flexibility index (Phi) is 6.24. The van der Waals surface area contributed by atoms with Crippen molar-refractivity contribution >= 4 is 6.08 Å². The van der Waals surface area contributed by atoms with Crippen LogP contribution in [0.2, 0.25) is 0 Å². The van der Waals surface area contributed by atoms with Crippen molar-refractivity contribution in [1.82, 2.24) is 9.80 Å². The van der Waals surface area contributed by atoms with E-state index in [-0.39, 0.29) is 6.04 Å². The van der Waals surface area contributed by atoms with Gasteiger partial charge in [0.05, 0.1) is 13.2 Å². The fourth-order valence-electron chi connectivity index (χ4n) is 4.75. The molecule has 1 fully saturated rings. The molecule has 2 heterocycles. The minimum Gasteiger partial charge on any atom is -0.497 e. The number of benzene rings is 3. The molecule has 4 heteroatoms. The molecule has 4 nitrogen and oxygen atoms in total. The third-order valence-electron chi connectivity index (χ3n) is 6.49. The fourth-order valence-corrected chi connectivity index (χ4v) is 4.75. The van der Waals surface area contributed by atoms with E-state index < -0.39 is 0 Å². The van der Waals surface area contributed by atoms with Crippen LogP contribution < -0.4 is 9.47 Å². The molecule has 1 atom stereocenters. The zero-order valence-corrected chi connectivity index (χ0v) is 18.6. The molecule has 0 saturated carbocycles. The SMILES string of the molecule is COc1ccc2c(c1)C(N1CCN(CC=Cc3ccccc3)CC1)c1ccccc1CO2. The maximum Gasteiger partial charge on any atom is 0.125 e. The second-order valence-electron chi connectivity index (χ2n) is 8.44. The molecular weight excluding hydrogens is 396 g/mol. The van der Waals surface area contributed by atoms with Gasteiger partial charge in [0.25, 0.3) is 0 Å². The van der Waals surface area contributed by atoms with E-state index in [2.05, 4.69) is 88.7 Å². The summed E-state index contributed by atoms with van der Waals surface area (Å²) in [6.45, 7) is 5.74. The molecule has 0 bridgehead atoms. The van der Waals surface area contributed by atoms with Gasteiger partial charge in [0.1, 0.15) is 18.1 Å². The zero-order valence-electron chi connectivity index (χ0n) is 18.6. The minimum absolute atomic E-state index is 0.181. The number of methoxy groups -OCH3 is 1. The Labute approximate surface area is 190 Å². The molecule has 2 aliphatic rings. The summed E-state index contributed by atoms with van der Waals surface area (Å²) >= 11 is 0. The summed E-state index contributed by atoms with van der Waals surface area (Å²) < 4.78 is 11.8. The second-order valence-corrected chi connectivity index (χ2v) is 8.44. The van der Waals surface area contributed by atoms with Crippen LogP contribution in [0.1, 0.15) is 28.3 Å². The van der Waals surface area contributed by atoms with Crippen molar-refractivity contribution in [3.63, 3.8) is 0 Å². The molecule has 0 radical (unpaired) electrons. The largest absolute Gasteiger partial charge is 0.497 e. The van der Waals surface area contributed by atoms with Gasteiger partial charge in [-0.05, 0) is 34.9 Å². The van der Waals surface area contributed by atoms with E-state index in [0.717, 1.165) is 44.2 Å². The van der Waals surface area contributed by atoms with Crippen LogP contribution >= 0.6 is 0 Å². The first-order chi connectivity index (χ1) is 15.8. The van der Waals surface area contributed by atoms with Crippen molar-refractivity contribution in [2.24, 2.45) is 0 Å². The highest BCUT2D eigenvalue weighted by atomic mass is 16.5. The van der Waals surface area contributed by atoms with Gasteiger partial charge in [-0.25, -0.2) is 0 Å². The molecule has 164 valence electrons. The Morgan fingerprint density at radius 1 is 0.906 bits per heavy atom. The first kappa shape index (κ1) is 20.8. The Hall–Kier alpha value is -3.08. The van der Waals surface area contributed by atoms with Gasteiger partial charge in [0.2, 0.25) is 0 Å². The van der Waals surface area contributed by atoms with E-state index in [0.29, 0.717) is 6.61 Å². The van der Waals surface area contributed by atoms with E-state index in [1.54, 1.807) is 7.11 Å². The lowest BCUT2D eigenvalue weighted by Crippen LogP contribution is -2.47. The van der Waals surface area contributed by atoms with Crippen molar-refractivity contribution < 1.29 is 9.47 Å². The lowest BCUT2D eigenvalue weighted by atomic mass is 9.93. The van der Waals surface area contributed by atoms with E-state index in [9.17, 15) is 0 Å². The fraction of sp³-hybridized carbons (Fsp3) is 0.286. The van der Waals surface area contributed by atoms with Crippen LogP contribution in [-0.4, -0.2) is 49.6 Å². The molecular formula is C28H30N2O2. The highest BCUT2D eigenvalue weighted by molar-refractivity contribution is 5.50. The Bertz CT molecular complexity index is 1070. The summed E-state index contributed by atoms with van der Waals surface area (Å²) in [7, 11) is 1.73. The first-order valence-electron chi connectivity index (χ1n) is 11.4. The summed E-state index contributed by atoms with van der Waals surface area (Å²) in [4.78, 5) is 5.13. The molecule has 0 amide bonds. The van der Waals surface area contributed by atoms with Gasteiger partial charge >= 0.3 is 0 Å². The zero-order chi connectivity index (χ0) is 21.8. The van der Waals surface area contributed by atoms with Crippen LogP contribution in [0.5, 0.6) is 11.5 Å². The van der Waals surface area contributed by atoms with E-state index in [1.807, 2.05) is 6.07 Å². The average molecular weight is 427 g/mol. The van der Waals surface area contributed by atoms with Crippen molar-refractivity contribution in [3.8, 4) is 11.5 Å². The Morgan fingerprint density at radius 3 is 2.50 bits per heavy atom. The standard InChI is InChI=1S/C28H30N2O2/c1-31-24-13-14-27-26(20-24)28(25-12-6-5-11-23(25)21-32-27)30-18-16-29(17-19-30)15-7-10-22-8-3-2-4-9-22/h2-14,20,28H,15-19,21H2,1H3. The van der Waals surface area contributed by atoms with Crippen LogP contribution in [0.15, 0.2) is 78.9 Å². The smallest absolute Gasteiger partial charge is 0.125 e. The number of ether oxygens (including phenoxy) is 2. The van der Waals surface area contributed by atoms with E-state index >= 15 is 0 Å². The van der Waals surface area contributed by atoms with Crippen molar-refractivity contribution in [1.29, 1.82) is 0 Å².